The van der Waals surface area contributed by atoms with E-state index in [4.69, 9.17) is 0 Å². The Morgan fingerprint density at radius 2 is 0.867 bits per heavy atom. The molecular formula is C48H52N4O8. The third-order valence-electron chi connectivity index (χ3n) is 12.5. The number of nitrogens with zero attached hydrogens (tertiary/aromatic N) is 4. The third kappa shape index (κ3) is 6.79. The number of amides is 7. The molecule has 0 spiro atoms. The second-order valence-corrected chi connectivity index (χ2v) is 16.4. The fourth-order valence-corrected chi connectivity index (χ4v) is 9.31. The second kappa shape index (κ2) is 16.9. The molecule has 1 unspecified atom stereocenters. The minimum atomic E-state index is -0.852. The van der Waals surface area contributed by atoms with Gasteiger partial charge in [0.1, 0.15) is 0 Å². The SMILES string of the molecule is CCCCCC(C)N1C(=O)c2ccc3c4c(ccc(c24)C1=O)C(=O)N(N(C)C(=O)c1ccc2c4c(ccc(C(C)=O)c14)C(=O)N(C(CCCCC)CCCCC)C2=O)C3=O. The number of carbonyl (C=O) groups is 8. The lowest BCUT2D eigenvalue weighted by Gasteiger charge is -2.37. The Morgan fingerprint density at radius 1 is 0.500 bits per heavy atom. The fraction of sp³-hybridized carbons (Fsp3) is 0.417. The number of carbonyl (C=O) groups excluding carboxylic acids is 8. The summed E-state index contributed by atoms with van der Waals surface area (Å²) in [5.41, 5.74) is 0.878. The summed E-state index contributed by atoms with van der Waals surface area (Å²) >= 11 is 0. The summed E-state index contributed by atoms with van der Waals surface area (Å²) in [4.78, 5) is 116. The predicted octanol–water partition coefficient (Wildman–Crippen LogP) is 9.17. The molecule has 312 valence electrons. The van der Waals surface area contributed by atoms with E-state index in [-0.39, 0.29) is 78.1 Å². The molecule has 0 N–H and O–H groups in total. The van der Waals surface area contributed by atoms with Crippen LogP contribution in [0.3, 0.4) is 0 Å². The van der Waals surface area contributed by atoms with E-state index in [1.54, 1.807) is 0 Å². The minimum Gasteiger partial charge on any atom is -0.294 e. The van der Waals surface area contributed by atoms with E-state index in [1.807, 2.05) is 6.92 Å². The van der Waals surface area contributed by atoms with Crippen LogP contribution in [0, 0.1) is 0 Å². The molecule has 0 saturated heterocycles. The normalized spacial score (nSPS) is 15.3. The molecule has 4 aromatic rings. The van der Waals surface area contributed by atoms with E-state index >= 15 is 0 Å². The van der Waals surface area contributed by atoms with E-state index in [2.05, 4.69) is 20.8 Å². The van der Waals surface area contributed by atoms with E-state index in [0.29, 0.717) is 24.3 Å². The van der Waals surface area contributed by atoms with Gasteiger partial charge in [-0.1, -0.05) is 78.6 Å². The van der Waals surface area contributed by atoms with Crippen molar-refractivity contribution < 1.29 is 38.4 Å². The molecule has 1 atom stereocenters. The van der Waals surface area contributed by atoms with Crippen molar-refractivity contribution in [3.8, 4) is 0 Å². The molecule has 12 heteroatoms. The van der Waals surface area contributed by atoms with Crippen LogP contribution in [0.15, 0.2) is 48.5 Å². The molecule has 0 radical (unpaired) electrons. The van der Waals surface area contributed by atoms with Crippen molar-refractivity contribution in [3.05, 3.63) is 93.0 Å². The topological polar surface area (TPSA) is 150 Å². The zero-order valence-corrected chi connectivity index (χ0v) is 35.3. The van der Waals surface area contributed by atoms with Gasteiger partial charge in [-0.3, -0.25) is 48.2 Å². The van der Waals surface area contributed by atoms with E-state index < -0.39 is 47.1 Å². The Morgan fingerprint density at radius 3 is 1.30 bits per heavy atom. The van der Waals surface area contributed by atoms with Crippen LogP contribution in [0.2, 0.25) is 0 Å². The molecular weight excluding hydrogens is 761 g/mol. The summed E-state index contributed by atoms with van der Waals surface area (Å²) < 4.78 is 0. The molecule has 0 aliphatic carbocycles. The largest absolute Gasteiger partial charge is 0.294 e. The summed E-state index contributed by atoms with van der Waals surface area (Å²) in [7, 11) is 1.26. The first-order valence-electron chi connectivity index (χ1n) is 21.4. The molecule has 0 fully saturated rings. The van der Waals surface area contributed by atoms with Crippen molar-refractivity contribution in [1.82, 2.24) is 19.8 Å². The Bertz CT molecular complexity index is 2420. The number of unbranched alkanes of at least 4 members (excludes halogenated alkanes) is 6. The van der Waals surface area contributed by atoms with E-state index in [0.717, 1.165) is 62.8 Å². The molecule has 3 heterocycles. The van der Waals surface area contributed by atoms with Gasteiger partial charge in [-0.15, -0.1) is 0 Å². The van der Waals surface area contributed by atoms with Gasteiger partial charge in [0.2, 0.25) is 0 Å². The van der Waals surface area contributed by atoms with Crippen molar-refractivity contribution in [2.45, 2.75) is 124 Å². The highest BCUT2D eigenvalue weighted by atomic mass is 16.2. The Balaban J connectivity index is 1.26. The Hall–Kier alpha value is -6.04. The van der Waals surface area contributed by atoms with Gasteiger partial charge in [-0.25, -0.2) is 5.01 Å². The highest BCUT2D eigenvalue weighted by Gasteiger charge is 2.44. The van der Waals surface area contributed by atoms with Crippen LogP contribution in [0.1, 0.15) is 195 Å². The van der Waals surface area contributed by atoms with Gasteiger partial charge in [-0.05, 0) is 81.6 Å². The molecule has 7 rings (SSSR count). The summed E-state index contributed by atoms with van der Waals surface area (Å²) in [6, 6.07) is 11.1. The lowest BCUT2D eigenvalue weighted by Crippen LogP contribution is -2.53. The van der Waals surface area contributed by atoms with E-state index in [9.17, 15) is 38.4 Å². The Labute approximate surface area is 349 Å². The standard InChI is InChI=1S/C48H52N4O8/c1-7-10-13-16-27(4)50-43(55)32-23-25-36-41-37(26-24-33(40(32)41)44(50)56)48(60)52(47(36)59)49(6)42(54)31-21-22-35-39-34(20-19-30(28(5)53)38(31)39)45(57)51(46(35)58)29(17-14-11-8-2)18-15-12-9-3/h19-27,29H,7-18H2,1-6H3. The zero-order chi connectivity index (χ0) is 43.2. The molecule has 12 nitrogen and oxygen atoms in total. The molecule has 3 aliphatic rings. The van der Waals surface area contributed by atoms with Crippen molar-refractivity contribution in [2.24, 2.45) is 0 Å². The first-order chi connectivity index (χ1) is 28.8. The average Bonchev–Trinajstić information content (AvgIpc) is 3.23. The number of ketones is 1. The van der Waals surface area contributed by atoms with Crippen molar-refractivity contribution in [2.75, 3.05) is 7.05 Å². The van der Waals surface area contributed by atoms with Gasteiger partial charge in [0.25, 0.3) is 41.4 Å². The fourth-order valence-electron chi connectivity index (χ4n) is 9.31. The lowest BCUT2D eigenvalue weighted by molar-refractivity contribution is 0.00898. The monoisotopic (exact) mass is 812 g/mol. The van der Waals surface area contributed by atoms with Gasteiger partial charge in [-0.2, -0.15) is 5.01 Å². The quantitative estimate of drug-likeness (QED) is 0.0582. The maximum Gasteiger partial charge on any atom is 0.280 e. The van der Waals surface area contributed by atoms with Gasteiger partial charge in [0.05, 0.1) is 11.1 Å². The second-order valence-electron chi connectivity index (χ2n) is 16.4. The highest BCUT2D eigenvalue weighted by Crippen LogP contribution is 2.41. The van der Waals surface area contributed by atoms with Crippen molar-refractivity contribution >= 4 is 68.7 Å². The van der Waals surface area contributed by atoms with Crippen LogP contribution in [-0.4, -0.2) is 86.1 Å². The van der Waals surface area contributed by atoms with Crippen LogP contribution in [-0.2, 0) is 0 Å². The lowest BCUT2D eigenvalue weighted by atomic mass is 9.85. The number of rotatable bonds is 17. The molecule has 4 aromatic carbocycles. The van der Waals surface area contributed by atoms with Crippen LogP contribution in [0.5, 0.6) is 0 Å². The van der Waals surface area contributed by atoms with Crippen LogP contribution >= 0.6 is 0 Å². The van der Waals surface area contributed by atoms with Crippen LogP contribution in [0.25, 0.3) is 21.5 Å². The smallest absolute Gasteiger partial charge is 0.280 e. The van der Waals surface area contributed by atoms with Crippen LogP contribution < -0.4 is 0 Å². The summed E-state index contributed by atoms with van der Waals surface area (Å²) in [5, 5.41) is 2.23. The van der Waals surface area contributed by atoms with Gasteiger partial charge < -0.3 is 0 Å². The summed E-state index contributed by atoms with van der Waals surface area (Å²) in [6.45, 7) is 9.44. The number of Topliss-reactive ketones (excluding diaryl/α,β-unsaturated/α-hetero) is 1. The van der Waals surface area contributed by atoms with Gasteiger partial charge in [0, 0.05) is 74.1 Å². The number of hydrazine groups is 1. The van der Waals surface area contributed by atoms with Crippen LogP contribution in [0.4, 0.5) is 0 Å². The number of imide groups is 3. The summed E-state index contributed by atoms with van der Waals surface area (Å²) in [6.07, 6.45) is 10.4. The molecule has 7 amide bonds. The first kappa shape index (κ1) is 42.1. The predicted molar refractivity (Wildman–Crippen MR) is 227 cm³/mol. The van der Waals surface area contributed by atoms with E-state index in [1.165, 1.54) is 72.3 Å². The first-order valence-corrected chi connectivity index (χ1v) is 21.4. The Kier molecular flexibility index (Phi) is 11.9. The molecule has 0 saturated carbocycles. The average molecular weight is 813 g/mol. The zero-order valence-electron chi connectivity index (χ0n) is 35.3. The van der Waals surface area contributed by atoms with Gasteiger partial charge >= 0.3 is 0 Å². The third-order valence-corrected chi connectivity index (χ3v) is 12.5. The number of hydrogen-bond donors (Lipinski definition) is 0. The highest BCUT2D eigenvalue weighted by molar-refractivity contribution is 6.34. The van der Waals surface area contributed by atoms with Crippen molar-refractivity contribution in [3.63, 3.8) is 0 Å². The maximum atomic E-state index is 14.7. The number of benzene rings is 4. The maximum absolute atomic E-state index is 14.7. The molecule has 0 bridgehead atoms. The molecule has 3 aliphatic heterocycles. The molecule has 60 heavy (non-hydrogen) atoms. The molecule has 0 aromatic heterocycles. The number of hydrogen-bond acceptors (Lipinski definition) is 8. The van der Waals surface area contributed by atoms with Crippen molar-refractivity contribution in [1.29, 1.82) is 0 Å². The minimum absolute atomic E-state index is 0.0277. The van der Waals surface area contributed by atoms with Gasteiger partial charge in [0.15, 0.2) is 5.78 Å². The summed E-state index contributed by atoms with van der Waals surface area (Å²) in [5.74, 6) is -4.93.